The summed E-state index contributed by atoms with van der Waals surface area (Å²) in [5.74, 6) is -0.273. The number of rotatable bonds is 6. The molecule has 0 spiro atoms. The fourth-order valence-corrected chi connectivity index (χ4v) is 4.78. The van der Waals surface area contributed by atoms with Crippen LogP contribution in [0.2, 0.25) is 0 Å². The van der Waals surface area contributed by atoms with Gasteiger partial charge in [-0.1, -0.05) is 33.8 Å². The Morgan fingerprint density at radius 2 is 1.83 bits per heavy atom. The third kappa shape index (κ3) is 4.24. The number of nitrogens with zero attached hydrogens (tertiary/aromatic N) is 1. The van der Waals surface area contributed by atoms with Gasteiger partial charge in [-0.15, -0.1) is 8.78 Å². The third-order valence-corrected chi connectivity index (χ3v) is 6.93. The molecule has 1 aliphatic carbocycles. The lowest BCUT2D eigenvalue weighted by molar-refractivity contribution is -0.286. The second-order valence-electron chi connectivity index (χ2n) is 10.6. The number of halogens is 2. The number of ether oxygens (including phenoxy) is 2. The summed E-state index contributed by atoms with van der Waals surface area (Å²) in [5.41, 5.74) is 2.50. The summed E-state index contributed by atoms with van der Waals surface area (Å²) in [6.07, 6.45) is -2.22. The van der Waals surface area contributed by atoms with Gasteiger partial charge in [-0.3, -0.25) is 4.79 Å². The first-order valence-electron chi connectivity index (χ1n) is 12.0. The highest BCUT2D eigenvalue weighted by Gasteiger charge is 2.52. The van der Waals surface area contributed by atoms with Crippen LogP contribution in [0.25, 0.3) is 10.9 Å². The maximum Gasteiger partial charge on any atom is 0.586 e. The van der Waals surface area contributed by atoms with Gasteiger partial charge < -0.3 is 24.5 Å². The highest BCUT2D eigenvalue weighted by molar-refractivity contribution is 6.02. The van der Waals surface area contributed by atoms with Gasteiger partial charge in [0.05, 0.1) is 11.5 Å². The quantitative estimate of drug-likeness (QED) is 0.471. The van der Waals surface area contributed by atoms with Crippen molar-refractivity contribution < 1.29 is 28.2 Å². The molecule has 2 N–H and O–H groups in total. The van der Waals surface area contributed by atoms with Crippen LogP contribution in [0, 0.1) is 0 Å². The first kappa shape index (κ1) is 23.6. The summed E-state index contributed by atoms with van der Waals surface area (Å²) in [5, 5.41) is 14.3. The number of aliphatic hydroxyl groups excluding tert-OH is 1. The summed E-state index contributed by atoms with van der Waals surface area (Å²) in [4.78, 5) is 13.3. The van der Waals surface area contributed by atoms with Crippen molar-refractivity contribution in [3.8, 4) is 11.5 Å². The van der Waals surface area contributed by atoms with Crippen molar-refractivity contribution >= 4 is 22.5 Å². The van der Waals surface area contributed by atoms with Crippen molar-refractivity contribution in [1.82, 2.24) is 4.57 Å². The average molecular weight is 485 g/mol. The molecule has 0 radical (unpaired) electrons. The summed E-state index contributed by atoms with van der Waals surface area (Å²) in [7, 11) is 0. The number of aliphatic hydroxyl groups is 1. The van der Waals surface area contributed by atoms with Crippen molar-refractivity contribution in [2.45, 2.75) is 76.7 Å². The van der Waals surface area contributed by atoms with E-state index in [-0.39, 0.29) is 22.8 Å². The molecule has 1 fully saturated rings. The molecule has 1 aliphatic heterocycles. The number of nitrogens with one attached hydrogen (secondary N) is 1. The summed E-state index contributed by atoms with van der Waals surface area (Å²) in [6.45, 7) is 8.87. The highest BCUT2D eigenvalue weighted by Crippen LogP contribution is 2.52. The minimum atomic E-state index is -3.69. The first-order valence-corrected chi connectivity index (χ1v) is 12.0. The van der Waals surface area contributed by atoms with Crippen LogP contribution in [-0.4, -0.2) is 28.0 Å². The maximum absolute atomic E-state index is 13.4. The molecule has 8 heteroatoms. The van der Waals surface area contributed by atoms with Gasteiger partial charge in [-0.05, 0) is 61.2 Å². The monoisotopic (exact) mass is 484 g/mol. The van der Waals surface area contributed by atoms with E-state index in [1.807, 2.05) is 25.1 Å². The SMILES string of the molecule is CCC(O)Cn1c(C(C)(C)C)cc2cc(NC(=O)C3(c4ccc5c(c4)OC(F)(F)O5)CC3)ccc21. The molecule has 1 saturated carbocycles. The van der Waals surface area contributed by atoms with Gasteiger partial charge in [0.25, 0.3) is 0 Å². The second-order valence-corrected chi connectivity index (χ2v) is 10.6. The van der Waals surface area contributed by atoms with Crippen molar-refractivity contribution in [3.63, 3.8) is 0 Å². The molecule has 1 atom stereocenters. The number of amides is 1. The number of hydrogen-bond acceptors (Lipinski definition) is 4. The lowest BCUT2D eigenvalue weighted by atomic mass is 9.92. The molecular formula is C27H30F2N2O4. The Labute approximate surface area is 202 Å². The molecule has 2 aromatic carbocycles. The molecule has 6 nitrogen and oxygen atoms in total. The topological polar surface area (TPSA) is 72.7 Å². The van der Waals surface area contributed by atoms with E-state index in [0.29, 0.717) is 37.1 Å². The van der Waals surface area contributed by atoms with E-state index in [2.05, 4.69) is 46.2 Å². The zero-order valence-corrected chi connectivity index (χ0v) is 20.3. The highest BCUT2D eigenvalue weighted by atomic mass is 19.3. The predicted molar refractivity (Wildman–Crippen MR) is 129 cm³/mol. The van der Waals surface area contributed by atoms with E-state index in [4.69, 9.17) is 0 Å². The normalized spacial score (nSPS) is 18.5. The van der Waals surface area contributed by atoms with Crippen LogP contribution < -0.4 is 14.8 Å². The molecule has 186 valence electrons. The average Bonchev–Trinajstić information content (AvgIpc) is 3.42. The lowest BCUT2D eigenvalue weighted by Gasteiger charge is -2.23. The van der Waals surface area contributed by atoms with Crippen LogP contribution in [0.15, 0.2) is 42.5 Å². The Morgan fingerprint density at radius 3 is 2.49 bits per heavy atom. The number of carbonyl (C=O) groups excluding carboxylic acids is 1. The van der Waals surface area contributed by atoms with E-state index in [1.54, 1.807) is 6.07 Å². The van der Waals surface area contributed by atoms with Crippen LogP contribution in [0.1, 0.15) is 58.2 Å². The molecule has 35 heavy (non-hydrogen) atoms. The van der Waals surface area contributed by atoms with Gasteiger partial charge in [0.2, 0.25) is 5.91 Å². The molecule has 0 saturated heterocycles. The van der Waals surface area contributed by atoms with Crippen molar-refractivity contribution in [2.24, 2.45) is 0 Å². The number of fused-ring (bicyclic) bond motifs is 2. The van der Waals surface area contributed by atoms with Crippen LogP contribution in [-0.2, 0) is 22.2 Å². The van der Waals surface area contributed by atoms with Crippen LogP contribution in [0.5, 0.6) is 11.5 Å². The minimum absolute atomic E-state index is 0.0345. The van der Waals surface area contributed by atoms with Crippen LogP contribution in [0.3, 0.4) is 0 Å². The number of alkyl halides is 2. The Bertz CT molecular complexity index is 1300. The molecule has 5 rings (SSSR count). The van der Waals surface area contributed by atoms with Gasteiger partial charge in [0, 0.05) is 34.2 Å². The first-order chi connectivity index (χ1) is 16.4. The van der Waals surface area contributed by atoms with E-state index in [0.717, 1.165) is 16.6 Å². The Morgan fingerprint density at radius 1 is 1.11 bits per heavy atom. The van der Waals surface area contributed by atoms with E-state index >= 15 is 0 Å². The zero-order valence-electron chi connectivity index (χ0n) is 20.3. The van der Waals surface area contributed by atoms with Crippen molar-refractivity contribution in [2.75, 3.05) is 5.32 Å². The van der Waals surface area contributed by atoms with E-state index < -0.39 is 17.8 Å². The fraction of sp³-hybridized carbons (Fsp3) is 0.444. The minimum Gasteiger partial charge on any atom is -0.395 e. The standard InChI is InChI=1S/C27H30F2N2O4/c1-5-19(32)15-31-20-8-7-18(12-16(20)13-23(31)25(2,3)4)30-24(33)26(10-11-26)17-6-9-21-22(14-17)35-27(28,29)34-21/h6-9,12-14,19,32H,5,10-11,15H2,1-4H3,(H,30,33). The number of hydrogen-bond donors (Lipinski definition) is 2. The van der Waals surface area contributed by atoms with E-state index in [9.17, 15) is 18.7 Å². The fourth-order valence-electron chi connectivity index (χ4n) is 4.78. The molecule has 2 heterocycles. The molecule has 0 bridgehead atoms. The Hall–Kier alpha value is -3.13. The zero-order chi connectivity index (χ0) is 25.2. The van der Waals surface area contributed by atoms with Gasteiger partial charge >= 0.3 is 6.29 Å². The molecule has 2 aliphatic rings. The lowest BCUT2D eigenvalue weighted by Crippen LogP contribution is -2.28. The van der Waals surface area contributed by atoms with Gasteiger partial charge in [0.1, 0.15) is 0 Å². The van der Waals surface area contributed by atoms with Crippen LogP contribution in [0.4, 0.5) is 14.5 Å². The molecule has 1 unspecified atom stereocenters. The molecule has 3 aromatic rings. The number of aromatic nitrogens is 1. The van der Waals surface area contributed by atoms with Crippen molar-refractivity contribution in [3.05, 3.63) is 53.7 Å². The van der Waals surface area contributed by atoms with E-state index in [1.165, 1.54) is 12.1 Å². The Balaban J connectivity index is 1.42. The van der Waals surface area contributed by atoms with Crippen molar-refractivity contribution in [1.29, 1.82) is 0 Å². The number of benzene rings is 2. The second kappa shape index (κ2) is 7.95. The maximum atomic E-state index is 13.4. The van der Waals surface area contributed by atoms with Gasteiger partial charge in [0.15, 0.2) is 11.5 Å². The number of anilines is 1. The summed E-state index contributed by atoms with van der Waals surface area (Å²) >= 11 is 0. The summed E-state index contributed by atoms with van der Waals surface area (Å²) in [6, 6.07) is 12.4. The third-order valence-electron chi connectivity index (χ3n) is 6.93. The molecule has 1 aromatic heterocycles. The Kier molecular flexibility index (Phi) is 5.36. The molecule has 1 amide bonds. The largest absolute Gasteiger partial charge is 0.586 e. The van der Waals surface area contributed by atoms with Gasteiger partial charge in [-0.2, -0.15) is 0 Å². The predicted octanol–water partition coefficient (Wildman–Crippen LogP) is 5.70. The van der Waals surface area contributed by atoms with Gasteiger partial charge in [-0.25, -0.2) is 0 Å². The van der Waals surface area contributed by atoms with Crippen LogP contribution >= 0.6 is 0 Å². The molecular weight excluding hydrogens is 454 g/mol. The smallest absolute Gasteiger partial charge is 0.395 e. The number of carbonyl (C=O) groups is 1. The summed E-state index contributed by atoms with van der Waals surface area (Å²) < 4.78 is 38.0.